The topological polar surface area (TPSA) is 151 Å². The average molecular weight is 561 g/mol. The first-order valence-corrected chi connectivity index (χ1v) is 13.7. The van der Waals surface area contributed by atoms with Crippen molar-refractivity contribution in [1.82, 2.24) is 24.5 Å². The summed E-state index contributed by atoms with van der Waals surface area (Å²) in [6.07, 6.45) is 0.813. The van der Waals surface area contributed by atoms with Crippen LogP contribution in [0.25, 0.3) is 28.5 Å². The molecule has 0 radical (unpaired) electrons. The third-order valence-corrected chi connectivity index (χ3v) is 7.55. The smallest absolute Gasteiger partial charge is 0.236 e. The molecule has 4 aromatic rings. The number of hydrogen-bond donors (Lipinski definition) is 2. The van der Waals surface area contributed by atoms with Gasteiger partial charge in [0.1, 0.15) is 22.9 Å². The molecular weight excluding hydrogens is 536 g/mol. The Morgan fingerprint density at radius 1 is 1.05 bits per heavy atom. The van der Waals surface area contributed by atoms with Crippen molar-refractivity contribution in [3.8, 4) is 34.6 Å². The highest BCUT2D eigenvalue weighted by Crippen LogP contribution is 2.39. The normalized spacial score (nSPS) is 14.3. The molecule has 3 aromatic heterocycles. The van der Waals surface area contributed by atoms with Gasteiger partial charge in [-0.05, 0) is 38.0 Å². The lowest BCUT2D eigenvalue weighted by atomic mass is 10.2. The lowest BCUT2D eigenvalue weighted by Crippen LogP contribution is -2.27. The van der Waals surface area contributed by atoms with E-state index in [1.54, 1.807) is 41.0 Å². The Labute approximate surface area is 223 Å². The van der Waals surface area contributed by atoms with Crippen LogP contribution in [0.15, 0.2) is 36.4 Å². The molecule has 0 unspecified atom stereocenters. The molecule has 3 heterocycles. The van der Waals surface area contributed by atoms with Crippen LogP contribution in [0.1, 0.15) is 19.8 Å². The van der Waals surface area contributed by atoms with Crippen LogP contribution in [0.4, 0.5) is 5.82 Å². The van der Waals surface area contributed by atoms with Gasteiger partial charge in [-0.15, -0.1) is 0 Å². The van der Waals surface area contributed by atoms with Crippen LogP contribution in [-0.4, -0.2) is 70.2 Å². The van der Waals surface area contributed by atoms with Crippen LogP contribution in [-0.2, 0) is 10.0 Å². The van der Waals surface area contributed by atoms with Crippen molar-refractivity contribution < 1.29 is 27.7 Å². The molecule has 0 amide bonds. The minimum Gasteiger partial charge on any atom is -0.494 e. The highest BCUT2D eigenvalue weighted by atomic mass is 35.5. The predicted octanol–water partition coefficient (Wildman–Crippen LogP) is 3.21. The van der Waals surface area contributed by atoms with Crippen LogP contribution in [0, 0.1) is 0 Å². The number of anilines is 1. The fraction of sp³-hybridized carbons (Fsp3) is 0.333. The number of rotatable bonds is 10. The Kier molecular flexibility index (Phi) is 6.75. The first-order chi connectivity index (χ1) is 18.2. The van der Waals surface area contributed by atoms with Crippen LogP contribution >= 0.6 is 11.6 Å². The quantitative estimate of drug-likeness (QED) is 0.296. The van der Waals surface area contributed by atoms with Gasteiger partial charge in [-0.2, -0.15) is 0 Å². The summed E-state index contributed by atoms with van der Waals surface area (Å²) in [5.41, 5.74) is -0.0782. The Morgan fingerprint density at radius 3 is 2.37 bits per heavy atom. The number of benzene rings is 1. The fourth-order valence-corrected chi connectivity index (χ4v) is 5.70. The summed E-state index contributed by atoms with van der Waals surface area (Å²) in [7, 11) is -0.957. The lowest BCUT2D eigenvalue weighted by Gasteiger charge is -2.16. The van der Waals surface area contributed by atoms with Gasteiger partial charge in [0, 0.05) is 6.07 Å². The number of pyridine rings is 1. The summed E-state index contributed by atoms with van der Waals surface area (Å²) in [6.45, 7) is 2.27. The summed E-state index contributed by atoms with van der Waals surface area (Å²) < 4.78 is 46.3. The number of hydrogen-bond acceptors (Lipinski definition) is 10. The summed E-state index contributed by atoms with van der Waals surface area (Å²) in [4.78, 5) is 18.0. The van der Waals surface area contributed by atoms with Crippen molar-refractivity contribution in [3.63, 3.8) is 0 Å². The minimum atomic E-state index is -3.98. The van der Waals surface area contributed by atoms with Crippen molar-refractivity contribution in [2.24, 2.45) is 0 Å². The van der Waals surface area contributed by atoms with Gasteiger partial charge in [0.25, 0.3) is 0 Å². The minimum absolute atomic E-state index is 0.130. The average Bonchev–Trinajstić information content (AvgIpc) is 3.49. The van der Waals surface area contributed by atoms with E-state index in [1.807, 2.05) is 6.92 Å². The van der Waals surface area contributed by atoms with Crippen molar-refractivity contribution in [3.05, 3.63) is 41.6 Å². The number of aromatic nitrogens is 5. The van der Waals surface area contributed by atoms with Gasteiger partial charge in [-0.1, -0.05) is 23.7 Å². The van der Waals surface area contributed by atoms with Gasteiger partial charge in [0.05, 0.1) is 32.2 Å². The number of sulfonamides is 1. The third-order valence-electron chi connectivity index (χ3n) is 5.86. The largest absolute Gasteiger partial charge is 0.494 e. The van der Waals surface area contributed by atoms with Crippen LogP contribution in [0.2, 0.25) is 5.15 Å². The van der Waals surface area contributed by atoms with E-state index in [9.17, 15) is 13.5 Å². The van der Waals surface area contributed by atoms with E-state index in [4.69, 9.17) is 25.8 Å². The van der Waals surface area contributed by atoms with Crippen LogP contribution in [0.3, 0.4) is 0 Å². The third kappa shape index (κ3) is 5.04. The molecule has 0 bridgehead atoms. The number of fused-ring (bicyclic) bond motifs is 1. The molecule has 1 fully saturated rings. The summed E-state index contributed by atoms with van der Waals surface area (Å²) in [5, 5.41) is 9.93. The van der Waals surface area contributed by atoms with Gasteiger partial charge in [-0.3, -0.25) is 9.29 Å². The number of halogens is 1. The Hall–Kier alpha value is -3.68. The van der Waals surface area contributed by atoms with Crippen LogP contribution < -0.4 is 18.9 Å². The number of ether oxygens (including phenoxy) is 3. The number of para-hydroxylation sites is 1. The molecule has 0 aliphatic heterocycles. The number of imidazole rings is 1. The molecule has 2 N–H and O–H groups in total. The molecule has 0 spiro atoms. The maximum atomic E-state index is 12.7. The zero-order valence-electron chi connectivity index (χ0n) is 20.8. The second-order valence-corrected chi connectivity index (χ2v) is 10.8. The van der Waals surface area contributed by atoms with Crippen molar-refractivity contribution >= 4 is 38.7 Å². The second kappa shape index (κ2) is 9.89. The first kappa shape index (κ1) is 25.9. The molecule has 1 aliphatic carbocycles. The molecule has 1 aliphatic rings. The van der Waals surface area contributed by atoms with Gasteiger partial charge in [0.15, 0.2) is 28.1 Å². The van der Waals surface area contributed by atoms with E-state index in [-0.39, 0.29) is 22.3 Å². The van der Waals surface area contributed by atoms with Crippen molar-refractivity contribution in [1.29, 1.82) is 0 Å². The van der Waals surface area contributed by atoms with Crippen molar-refractivity contribution in [2.45, 2.75) is 25.4 Å². The fourth-order valence-electron chi connectivity index (χ4n) is 3.97. The van der Waals surface area contributed by atoms with Gasteiger partial charge in [0.2, 0.25) is 15.9 Å². The standard InChI is InChI=1S/C24H25ClN6O6S/c1-4-37-17-10-5-7-14(26-17)22-29-21-23(31(22)18-15(35-2)8-6-9-16(18)36-3)28-20(19(25)27-21)30-38(33,34)13-24(32)11-12-24/h5-10,32H,4,11-13H2,1-3H3,(H,28,30). The lowest BCUT2D eigenvalue weighted by molar-refractivity contribution is 0.175. The molecule has 14 heteroatoms. The first-order valence-electron chi connectivity index (χ1n) is 11.7. The van der Waals surface area contributed by atoms with E-state index in [0.29, 0.717) is 54.0 Å². The summed E-state index contributed by atoms with van der Waals surface area (Å²) >= 11 is 6.34. The Morgan fingerprint density at radius 2 is 1.74 bits per heavy atom. The van der Waals surface area contributed by atoms with Gasteiger partial charge >= 0.3 is 0 Å². The monoisotopic (exact) mass is 560 g/mol. The van der Waals surface area contributed by atoms with E-state index < -0.39 is 21.4 Å². The molecular formula is C24H25ClN6O6S. The van der Waals surface area contributed by atoms with Gasteiger partial charge < -0.3 is 19.3 Å². The van der Waals surface area contributed by atoms with Crippen molar-refractivity contribution in [2.75, 3.05) is 31.3 Å². The molecule has 0 saturated heterocycles. The molecule has 5 rings (SSSR count). The highest BCUT2D eigenvalue weighted by molar-refractivity contribution is 7.92. The maximum absolute atomic E-state index is 12.7. The maximum Gasteiger partial charge on any atom is 0.236 e. The Bertz CT molecular complexity index is 1600. The van der Waals surface area contributed by atoms with E-state index in [0.717, 1.165) is 0 Å². The zero-order valence-corrected chi connectivity index (χ0v) is 22.4. The SMILES string of the molecule is CCOc1cccc(-c2nc3nc(Cl)c(NS(=O)(=O)CC4(O)CC4)nc3n2-c2c(OC)cccc2OC)n1. The number of aliphatic hydroxyl groups is 1. The van der Waals surface area contributed by atoms with E-state index in [2.05, 4.69) is 24.7 Å². The molecule has 12 nitrogen and oxygen atoms in total. The Balaban J connectivity index is 1.75. The molecule has 1 saturated carbocycles. The molecule has 0 atom stereocenters. The number of methoxy groups -OCH3 is 2. The van der Waals surface area contributed by atoms with E-state index >= 15 is 0 Å². The number of nitrogens with zero attached hydrogens (tertiary/aromatic N) is 5. The van der Waals surface area contributed by atoms with E-state index in [1.165, 1.54) is 14.2 Å². The molecule has 1 aromatic carbocycles. The van der Waals surface area contributed by atoms with Gasteiger partial charge in [-0.25, -0.2) is 28.4 Å². The molecule has 200 valence electrons. The second-order valence-electron chi connectivity index (χ2n) is 8.67. The summed E-state index contributed by atoms with van der Waals surface area (Å²) in [6, 6.07) is 10.5. The zero-order chi connectivity index (χ0) is 27.1. The molecule has 38 heavy (non-hydrogen) atoms. The number of nitrogens with one attached hydrogen (secondary N) is 1. The van der Waals surface area contributed by atoms with Crippen LogP contribution in [0.5, 0.6) is 17.4 Å². The summed E-state index contributed by atoms with van der Waals surface area (Å²) in [5.74, 6) is 0.880. The highest BCUT2D eigenvalue weighted by Gasteiger charge is 2.44. The predicted molar refractivity (Wildman–Crippen MR) is 141 cm³/mol.